The summed E-state index contributed by atoms with van der Waals surface area (Å²) in [5.41, 5.74) is 1.29. The molecular formula is C20H24N2O4S. The molecule has 6 nitrogen and oxygen atoms in total. The van der Waals surface area contributed by atoms with Crippen molar-refractivity contribution < 1.29 is 19.1 Å². The van der Waals surface area contributed by atoms with Crippen molar-refractivity contribution in [1.29, 1.82) is 0 Å². The average molecular weight is 388 g/mol. The molecule has 7 heteroatoms. The molecule has 0 aliphatic rings. The van der Waals surface area contributed by atoms with Crippen molar-refractivity contribution in [3.8, 4) is 11.5 Å². The third-order valence-corrected chi connectivity index (χ3v) is 4.64. The molecule has 0 bridgehead atoms. The second-order valence-corrected chi connectivity index (χ2v) is 6.78. The summed E-state index contributed by atoms with van der Waals surface area (Å²) < 4.78 is 10.4. The molecule has 2 aromatic carbocycles. The van der Waals surface area contributed by atoms with Gasteiger partial charge in [-0.2, -0.15) is 0 Å². The number of methoxy groups -OCH3 is 2. The van der Waals surface area contributed by atoms with Crippen LogP contribution in [0.5, 0.6) is 11.5 Å². The van der Waals surface area contributed by atoms with Gasteiger partial charge in [0.1, 0.15) is 11.5 Å². The lowest BCUT2D eigenvalue weighted by molar-refractivity contribution is -0.116. The van der Waals surface area contributed by atoms with Gasteiger partial charge in [-0.05, 0) is 36.8 Å². The molecule has 0 spiro atoms. The Balaban J connectivity index is 1.95. The Bertz CT molecular complexity index is 795. The van der Waals surface area contributed by atoms with Crippen molar-refractivity contribution in [1.82, 2.24) is 0 Å². The molecule has 0 unspecified atom stereocenters. The van der Waals surface area contributed by atoms with Crippen LogP contribution in [0.15, 0.2) is 47.4 Å². The first-order chi connectivity index (χ1) is 13.0. The number of rotatable bonds is 9. The Morgan fingerprint density at radius 2 is 1.81 bits per heavy atom. The number of thioether (sulfide) groups is 1. The van der Waals surface area contributed by atoms with Crippen LogP contribution in [0.4, 0.5) is 11.4 Å². The van der Waals surface area contributed by atoms with Gasteiger partial charge in [-0.3, -0.25) is 9.59 Å². The van der Waals surface area contributed by atoms with Crippen LogP contribution in [-0.2, 0) is 9.59 Å². The van der Waals surface area contributed by atoms with Crippen molar-refractivity contribution in [3.63, 3.8) is 0 Å². The average Bonchev–Trinajstić information content (AvgIpc) is 2.66. The molecule has 0 aliphatic heterocycles. The van der Waals surface area contributed by atoms with Crippen molar-refractivity contribution in [2.45, 2.75) is 24.7 Å². The first kappa shape index (κ1) is 20.6. The summed E-state index contributed by atoms with van der Waals surface area (Å²) in [5.74, 6) is 1.26. The summed E-state index contributed by atoms with van der Waals surface area (Å²) in [7, 11) is 3.11. The molecule has 27 heavy (non-hydrogen) atoms. The molecule has 0 saturated heterocycles. The maximum Gasteiger partial charge on any atom is 0.234 e. The van der Waals surface area contributed by atoms with Crippen LogP contribution in [0.2, 0.25) is 0 Å². The van der Waals surface area contributed by atoms with Crippen molar-refractivity contribution in [2.24, 2.45) is 0 Å². The summed E-state index contributed by atoms with van der Waals surface area (Å²) in [5, 5.41) is 5.69. The molecule has 2 N–H and O–H groups in total. The van der Waals surface area contributed by atoms with E-state index in [1.807, 2.05) is 31.2 Å². The van der Waals surface area contributed by atoms with Gasteiger partial charge < -0.3 is 20.1 Å². The smallest absolute Gasteiger partial charge is 0.234 e. The Morgan fingerprint density at radius 3 is 2.52 bits per heavy atom. The Labute approximate surface area is 163 Å². The van der Waals surface area contributed by atoms with E-state index in [2.05, 4.69) is 10.6 Å². The van der Waals surface area contributed by atoms with Crippen LogP contribution in [-0.4, -0.2) is 31.8 Å². The number of amides is 2. The van der Waals surface area contributed by atoms with E-state index in [1.54, 1.807) is 32.4 Å². The van der Waals surface area contributed by atoms with Crippen LogP contribution in [0, 0.1) is 0 Å². The van der Waals surface area contributed by atoms with Crippen LogP contribution in [0.3, 0.4) is 0 Å². The maximum atomic E-state index is 12.3. The van der Waals surface area contributed by atoms with Crippen LogP contribution in [0.25, 0.3) is 0 Å². The molecule has 0 atom stereocenters. The van der Waals surface area contributed by atoms with E-state index in [4.69, 9.17) is 9.47 Å². The van der Waals surface area contributed by atoms with Gasteiger partial charge in [-0.1, -0.05) is 13.0 Å². The summed E-state index contributed by atoms with van der Waals surface area (Å²) in [4.78, 5) is 24.9. The third kappa shape index (κ3) is 6.53. The fraction of sp³-hybridized carbons (Fsp3) is 0.300. The molecular weight excluding hydrogens is 364 g/mol. The van der Waals surface area contributed by atoms with E-state index in [1.165, 1.54) is 11.8 Å². The molecule has 0 saturated carbocycles. The van der Waals surface area contributed by atoms with Crippen molar-refractivity contribution in [3.05, 3.63) is 42.5 Å². The fourth-order valence-corrected chi connectivity index (χ4v) is 3.12. The predicted octanol–water partition coefficient (Wildman–Crippen LogP) is 4.17. The lowest BCUT2D eigenvalue weighted by Crippen LogP contribution is -2.15. The maximum absolute atomic E-state index is 12.3. The minimum absolute atomic E-state index is 0.0116. The number of carbonyl (C=O) groups excluding carboxylic acids is 2. The number of benzene rings is 2. The van der Waals surface area contributed by atoms with Crippen LogP contribution < -0.4 is 20.1 Å². The Hall–Kier alpha value is -2.67. The number of hydrogen-bond donors (Lipinski definition) is 2. The highest BCUT2D eigenvalue weighted by molar-refractivity contribution is 8.00. The molecule has 0 fully saturated rings. The minimum Gasteiger partial charge on any atom is -0.497 e. The third-order valence-electron chi connectivity index (χ3n) is 3.65. The normalized spacial score (nSPS) is 10.2. The second-order valence-electron chi connectivity index (χ2n) is 5.73. The molecule has 0 aromatic heterocycles. The fourth-order valence-electron chi connectivity index (χ4n) is 2.36. The zero-order chi connectivity index (χ0) is 19.6. The largest absolute Gasteiger partial charge is 0.497 e. The van der Waals surface area contributed by atoms with E-state index in [0.717, 1.165) is 17.0 Å². The summed E-state index contributed by atoms with van der Waals surface area (Å²) in [6, 6.07) is 12.7. The topological polar surface area (TPSA) is 76.7 Å². The van der Waals surface area contributed by atoms with Gasteiger partial charge >= 0.3 is 0 Å². The van der Waals surface area contributed by atoms with Gasteiger partial charge in [0.2, 0.25) is 11.8 Å². The Morgan fingerprint density at radius 1 is 1.00 bits per heavy atom. The zero-order valence-corrected chi connectivity index (χ0v) is 16.5. The van der Waals surface area contributed by atoms with Crippen molar-refractivity contribution >= 4 is 35.0 Å². The van der Waals surface area contributed by atoms with Gasteiger partial charge in [0.05, 0.1) is 25.7 Å². The van der Waals surface area contributed by atoms with Crippen LogP contribution in [0.1, 0.15) is 19.8 Å². The molecule has 0 radical (unpaired) electrons. The number of nitrogens with one attached hydrogen (secondary N) is 2. The predicted molar refractivity (Wildman–Crippen MR) is 109 cm³/mol. The van der Waals surface area contributed by atoms with Gasteiger partial charge in [0, 0.05) is 23.1 Å². The number of ether oxygens (including phenoxy) is 2. The Kier molecular flexibility index (Phi) is 8.00. The molecule has 144 valence electrons. The van der Waals surface area contributed by atoms with Crippen LogP contribution >= 0.6 is 11.8 Å². The molecule has 0 heterocycles. The lowest BCUT2D eigenvalue weighted by Gasteiger charge is -2.12. The first-order valence-electron chi connectivity index (χ1n) is 8.60. The first-order valence-corrected chi connectivity index (χ1v) is 9.59. The minimum atomic E-state index is -0.160. The lowest BCUT2D eigenvalue weighted by atomic mass is 10.2. The van der Waals surface area contributed by atoms with E-state index < -0.39 is 0 Å². The van der Waals surface area contributed by atoms with Crippen molar-refractivity contribution in [2.75, 3.05) is 30.6 Å². The number of carbonyl (C=O) groups is 2. The number of anilines is 2. The monoisotopic (exact) mass is 388 g/mol. The highest BCUT2D eigenvalue weighted by Gasteiger charge is 2.10. The van der Waals surface area contributed by atoms with Gasteiger partial charge in [0.25, 0.3) is 0 Å². The van der Waals surface area contributed by atoms with Gasteiger partial charge in [-0.15, -0.1) is 11.8 Å². The van der Waals surface area contributed by atoms with E-state index >= 15 is 0 Å². The highest BCUT2D eigenvalue weighted by Crippen LogP contribution is 2.29. The van der Waals surface area contributed by atoms with E-state index in [0.29, 0.717) is 23.6 Å². The summed E-state index contributed by atoms with van der Waals surface area (Å²) in [6.07, 6.45) is 1.29. The highest BCUT2D eigenvalue weighted by atomic mass is 32.2. The van der Waals surface area contributed by atoms with E-state index in [-0.39, 0.29) is 17.6 Å². The molecule has 0 aliphatic carbocycles. The molecule has 2 amide bonds. The summed E-state index contributed by atoms with van der Waals surface area (Å²) >= 11 is 1.39. The molecule has 2 aromatic rings. The molecule has 2 rings (SSSR count). The SMILES string of the molecule is CCCC(=O)Nc1cccc(SCC(=O)Nc2cc(OC)ccc2OC)c1. The zero-order valence-electron chi connectivity index (χ0n) is 15.7. The second kappa shape index (κ2) is 10.5. The standard InChI is InChI=1S/C20H24N2O4S/c1-4-6-19(23)21-14-7-5-8-16(11-14)27-13-20(24)22-17-12-15(25-2)9-10-18(17)26-3/h5,7-12H,4,6,13H2,1-3H3,(H,21,23)(H,22,24). The van der Waals surface area contributed by atoms with Gasteiger partial charge in [-0.25, -0.2) is 0 Å². The van der Waals surface area contributed by atoms with E-state index in [9.17, 15) is 9.59 Å². The quantitative estimate of drug-likeness (QED) is 0.631. The summed E-state index contributed by atoms with van der Waals surface area (Å²) in [6.45, 7) is 1.96. The number of hydrogen-bond acceptors (Lipinski definition) is 5. The van der Waals surface area contributed by atoms with Gasteiger partial charge in [0.15, 0.2) is 0 Å².